The lowest BCUT2D eigenvalue weighted by Gasteiger charge is -2.23. The summed E-state index contributed by atoms with van der Waals surface area (Å²) in [7, 11) is 0. The highest BCUT2D eigenvalue weighted by atomic mass is 16.5. The third-order valence-corrected chi connectivity index (χ3v) is 10.1. The van der Waals surface area contributed by atoms with Gasteiger partial charge in [0, 0.05) is 25.9 Å². The lowest BCUT2D eigenvalue weighted by atomic mass is 10.1. The van der Waals surface area contributed by atoms with Gasteiger partial charge in [0.05, 0.1) is 6.61 Å². The molecule has 0 fully saturated rings. The summed E-state index contributed by atoms with van der Waals surface area (Å²) in [5.74, 6) is 0.409. The molecule has 0 aromatic carbocycles. The molecule has 0 heterocycles. The van der Waals surface area contributed by atoms with Gasteiger partial charge >= 0.3 is 5.97 Å². The molecule has 0 saturated carbocycles. The van der Waals surface area contributed by atoms with Gasteiger partial charge in [0.15, 0.2) is 0 Å². The summed E-state index contributed by atoms with van der Waals surface area (Å²) in [6, 6.07) is 0. The van der Waals surface area contributed by atoms with Crippen molar-refractivity contribution >= 4 is 11.9 Å². The molecular formula is C43H86N2O3. The highest BCUT2D eigenvalue weighted by molar-refractivity contribution is 5.76. The minimum atomic E-state index is -0.00120. The fourth-order valence-electron chi connectivity index (χ4n) is 6.71. The molecule has 286 valence electrons. The number of esters is 1. The highest BCUT2D eigenvalue weighted by Crippen LogP contribution is 2.14. The van der Waals surface area contributed by atoms with Gasteiger partial charge in [0.1, 0.15) is 0 Å². The second-order valence-corrected chi connectivity index (χ2v) is 14.7. The van der Waals surface area contributed by atoms with Crippen molar-refractivity contribution < 1.29 is 14.3 Å². The smallest absolute Gasteiger partial charge is 0.305 e. The molecule has 0 aromatic rings. The van der Waals surface area contributed by atoms with E-state index in [0.717, 1.165) is 51.7 Å². The summed E-state index contributed by atoms with van der Waals surface area (Å²) >= 11 is 0. The minimum absolute atomic E-state index is 0.00120. The number of hydrogen-bond donors (Lipinski definition) is 0. The summed E-state index contributed by atoms with van der Waals surface area (Å²) in [5.41, 5.74) is 0. The van der Waals surface area contributed by atoms with Crippen LogP contribution >= 0.6 is 0 Å². The number of rotatable bonds is 39. The Labute approximate surface area is 301 Å². The van der Waals surface area contributed by atoms with E-state index in [1.165, 1.54) is 174 Å². The van der Waals surface area contributed by atoms with Crippen molar-refractivity contribution in [3.63, 3.8) is 0 Å². The van der Waals surface area contributed by atoms with Gasteiger partial charge in [-0.15, -0.1) is 0 Å². The molecule has 0 bridgehead atoms. The molecule has 0 rings (SSSR count). The number of ether oxygens (including phenoxy) is 1. The first-order chi connectivity index (χ1) is 23.6. The first-order valence-electron chi connectivity index (χ1n) is 21.7. The molecule has 0 radical (unpaired) electrons. The molecular weight excluding hydrogens is 592 g/mol. The number of hydrogen-bond acceptors (Lipinski definition) is 4. The first-order valence-corrected chi connectivity index (χ1v) is 21.7. The maximum atomic E-state index is 13.1. The Hall–Kier alpha value is -1.10. The lowest BCUT2D eigenvalue weighted by Crippen LogP contribution is -2.32. The Bertz CT molecular complexity index is 654. The number of nitrogens with zero attached hydrogens (tertiary/aromatic N) is 2. The Kier molecular flexibility index (Phi) is 37.8. The van der Waals surface area contributed by atoms with Crippen LogP contribution in [0.25, 0.3) is 0 Å². The normalized spacial score (nSPS) is 11.4. The molecule has 5 nitrogen and oxygen atoms in total. The van der Waals surface area contributed by atoms with E-state index >= 15 is 0 Å². The Morgan fingerprint density at radius 2 is 0.750 bits per heavy atom. The number of unbranched alkanes of at least 4 members (excludes halogenated alkanes) is 24. The van der Waals surface area contributed by atoms with Crippen LogP contribution in [0.4, 0.5) is 0 Å². The van der Waals surface area contributed by atoms with E-state index in [4.69, 9.17) is 4.74 Å². The van der Waals surface area contributed by atoms with Crippen molar-refractivity contribution in [1.82, 2.24) is 9.80 Å². The van der Waals surface area contributed by atoms with Crippen molar-refractivity contribution in [2.75, 3.05) is 39.3 Å². The van der Waals surface area contributed by atoms with Gasteiger partial charge < -0.3 is 14.5 Å². The fraction of sp³-hybridized carbons (Fsp3) is 0.953. The van der Waals surface area contributed by atoms with Crippen LogP contribution in [0.1, 0.15) is 227 Å². The highest BCUT2D eigenvalue weighted by Gasteiger charge is 2.13. The predicted molar refractivity (Wildman–Crippen MR) is 210 cm³/mol. The number of carbonyl (C=O) groups is 2. The summed E-state index contributed by atoms with van der Waals surface area (Å²) in [6.45, 7) is 15.2. The molecule has 0 aliphatic heterocycles. The topological polar surface area (TPSA) is 49.9 Å². The average Bonchev–Trinajstić information content (AvgIpc) is 3.09. The fourth-order valence-corrected chi connectivity index (χ4v) is 6.71. The molecule has 0 N–H and O–H groups in total. The summed E-state index contributed by atoms with van der Waals surface area (Å²) in [5, 5.41) is 0. The third-order valence-electron chi connectivity index (χ3n) is 10.1. The molecule has 0 aliphatic carbocycles. The van der Waals surface area contributed by atoms with Gasteiger partial charge in [-0.1, -0.05) is 169 Å². The van der Waals surface area contributed by atoms with Crippen molar-refractivity contribution in [3.05, 3.63) is 0 Å². The van der Waals surface area contributed by atoms with Crippen molar-refractivity contribution in [1.29, 1.82) is 0 Å². The van der Waals surface area contributed by atoms with Crippen LogP contribution in [-0.4, -0.2) is 61.0 Å². The molecule has 0 unspecified atom stereocenters. The number of carbonyl (C=O) groups excluding carboxylic acids is 2. The Morgan fingerprint density at radius 3 is 1.19 bits per heavy atom. The van der Waals surface area contributed by atoms with Crippen LogP contribution < -0.4 is 0 Å². The van der Waals surface area contributed by atoms with Crippen LogP contribution in [0.5, 0.6) is 0 Å². The van der Waals surface area contributed by atoms with Gasteiger partial charge in [0.25, 0.3) is 0 Å². The van der Waals surface area contributed by atoms with E-state index in [-0.39, 0.29) is 5.97 Å². The van der Waals surface area contributed by atoms with E-state index in [1.807, 2.05) is 0 Å². The van der Waals surface area contributed by atoms with Crippen LogP contribution in [0.3, 0.4) is 0 Å². The zero-order chi connectivity index (χ0) is 35.2. The zero-order valence-corrected chi connectivity index (χ0v) is 33.3. The van der Waals surface area contributed by atoms with Gasteiger partial charge in [-0.3, -0.25) is 9.59 Å². The zero-order valence-electron chi connectivity index (χ0n) is 33.3. The summed E-state index contributed by atoms with van der Waals surface area (Å²) in [4.78, 5) is 29.9. The first kappa shape index (κ1) is 46.9. The van der Waals surface area contributed by atoms with Gasteiger partial charge in [-0.05, 0) is 64.6 Å². The lowest BCUT2D eigenvalue weighted by molar-refractivity contribution is -0.144. The quantitative estimate of drug-likeness (QED) is 0.0479. The summed E-state index contributed by atoms with van der Waals surface area (Å²) in [6.07, 6.45) is 37.5. The maximum absolute atomic E-state index is 13.1. The van der Waals surface area contributed by atoms with E-state index in [1.54, 1.807) is 0 Å². The van der Waals surface area contributed by atoms with E-state index in [9.17, 15) is 9.59 Å². The van der Waals surface area contributed by atoms with Crippen molar-refractivity contribution in [3.8, 4) is 0 Å². The maximum Gasteiger partial charge on any atom is 0.305 e. The van der Waals surface area contributed by atoms with Gasteiger partial charge in [-0.25, -0.2) is 0 Å². The molecule has 0 saturated heterocycles. The molecule has 0 aliphatic rings. The van der Waals surface area contributed by atoms with E-state index in [0.29, 0.717) is 18.9 Å². The SMILES string of the molecule is CCCCCCCCCOC(=O)CCCCCCCN(CC)CCCCCCCC(=O)N(CCCCCCCC)CCCCCCCC. The minimum Gasteiger partial charge on any atom is -0.466 e. The molecule has 5 heteroatoms. The molecule has 0 spiro atoms. The van der Waals surface area contributed by atoms with E-state index < -0.39 is 0 Å². The largest absolute Gasteiger partial charge is 0.466 e. The van der Waals surface area contributed by atoms with Crippen molar-refractivity contribution in [2.45, 2.75) is 227 Å². The summed E-state index contributed by atoms with van der Waals surface area (Å²) < 4.78 is 5.42. The van der Waals surface area contributed by atoms with Gasteiger partial charge in [-0.2, -0.15) is 0 Å². The van der Waals surface area contributed by atoms with Crippen LogP contribution in [0.2, 0.25) is 0 Å². The molecule has 0 aromatic heterocycles. The second-order valence-electron chi connectivity index (χ2n) is 14.7. The predicted octanol–water partition coefficient (Wildman–Crippen LogP) is 12.8. The molecule has 48 heavy (non-hydrogen) atoms. The Morgan fingerprint density at radius 1 is 0.396 bits per heavy atom. The van der Waals surface area contributed by atoms with Crippen LogP contribution in [0, 0.1) is 0 Å². The second kappa shape index (κ2) is 38.7. The van der Waals surface area contributed by atoms with E-state index in [2.05, 4.69) is 37.5 Å². The standard InChI is InChI=1S/C43H86N2O3/c1-5-9-12-15-18-27-34-41-48-43(47)36-29-22-20-24-31-38-44(8-4)37-30-23-19-21-28-35-42(46)45(39-32-25-16-13-10-6-2)40-33-26-17-14-11-7-3/h5-41H2,1-4H3. The molecule has 0 atom stereocenters. The van der Waals surface area contributed by atoms with Gasteiger partial charge in [0.2, 0.25) is 5.91 Å². The van der Waals surface area contributed by atoms with Crippen molar-refractivity contribution in [2.24, 2.45) is 0 Å². The van der Waals surface area contributed by atoms with Crippen LogP contribution in [-0.2, 0) is 14.3 Å². The monoisotopic (exact) mass is 679 g/mol. The van der Waals surface area contributed by atoms with Crippen LogP contribution in [0.15, 0.2) is 0 Å². The number of amides is 1. The Balaban J connectivity index is 3.88. The third kappa shape index (κ3) is 33.4. The average molecular weight is 679 g/mol. The molecule has 1 amide bonds.